The van der Waals surface area contributed by atoms with Crippen molar-refractivity contribution in [1.29, 1.82) is 0 Å². The van der Waals surface area contributed by atoms with Crippen molar-refractivity contribution in [3.63, 3.8) is 0 Å². The number of likely N-dealkylation sites (tertiary alicyclic amines) is 1. The number of amides is 1. The van der Waals surface area contributed by atoms with Gasteiger partial charge in [0, 0.05) is 18.2 Å². The zero-order chi connectivity index (χ0) is 13.7. The molecule has 1 heterocycles. The van der Waals surface area contributed by atoms with Gasteiger partial charge in [-0.2, -0.15) is 0 Å². The fourth-order valence-electron chi connectivity index (χ4n) is 2.60. The smallest absolute Gasteiger partial charge is 0.251 e. The van der Waals surface area contributed by atoms with Gasteiger partial charge in [-0.25, -0.2) is 0 Å². The Labute approximate surface area is 114 Å². The number of benzene rings is 1. The SMILES string of the molecule is CCN1CCCC1CNC(=O)c1ccc(O[11CH3])cc1. The molecular weight excluding hydrogens is 239 g/mol. The van der Waals surface area contributed by atoms with Crippen molar-refractivity contribution in [2.45, 2.75) is 25.8 Å². The predicted octanol–water partition coefficient (Wildman–Crippen LogP) is 1.91. The number of methoxy groups -OCH3 is 1. The van der Waals surface area contributed by atoms with Crippen LogP contribution in [0.15, 0.2) is 24.3 Å². The molecule has 1 aliphatic rings. The molecule has 19 heavy (non-hydrogen) atoms. The maximum Gasteiger partial charge on any atom is 0.251 e. The second-order valence-electron chi connectivity index (χ2n) is 4.86. The molecule has 1 aromatic carbocycles. The number of carbonyl (C=O) groups is 1. The highest BCUT2D eigenvalue weighted by molar-refractivity contribution is 5.94. The van der Waals surface area contributed by atoms with Gasteiger partial charge < -0.3 is 10.1 Å². The van der Waals surface area contributed by atoms with Gasteiger partial charge in [0.05, 0.1) is 7.11 Å². The summed E-state index contributed by atoms with van der Waals surface area (Å²) in [6.07, 6.45) is 2.41. The summed E-state index contributed by atoms with van der Waals surface area (Å²) < 4.78 is 5.08. The first-order valence-corrected chi connectivity index (χ1v) is 6.91. The standard InChI is InChI=1S/C15H22N2O2/c1-3-17-10-4-5-13(17)11-16-15(18)12-6-8-14(19-2)9-7-12/h6-9,13H,3-5,10-11H2,1-2H3,(H,16,18)/i2-1. The van der Waals surface area contributed by atoms with Gasteiger partial charge in [-0.3, -0.25) is 9.69 Å². The highest BCUT2D eigenvalue weighted by Gasteiger charge is 2.23. The number of likely N-dealkylation sites (N-methyl/N-ethyl adjacent to an activating group) is 1. The molecule has 1 fully saturated rings. The zero-order valence-corrected chi connectivity index (χ0v) is 11.7. The maximum absolute atomic E-state index is 12.0. The minimum absolute atomic E-state index is 0.00870. The van der Waals surface area contributed by atoms with Crippen LogP contribution >= 0.6 is 0 Å². The van der Waals surface area contributed by atoms with E-state index in [0.717, 1.165) is 25.4 Å². The quantitative estimate of drug-likeness (QED) is 0.880. The first-order valence-electron chi connectivity index (χ1n) is 6.91. The predicted molar refractivity (Wildman–Crippen MR) is 75.6 cm³/mol. The molecular formula is C15H22N2O2. The average Bonchev–Trinajstić information content (AvgIpc) is 2.92. The van der Waals surface area contributed by atoms with E-state index in [4.69, 9.17) is 4.74 Å². The number of hydrogen-bond donors (Lipinski definition) is 1. The van der Waals surface area contributed by atoms with E-state index in [0.29, 0.717) is 11.6 Å². The van der Waals surface area contributed by atoms with Crippen LogP contribution in [0.4, 0.5) is 0 Å². The van der Waals surface area contributed by atoms with E-state index >= 15 is 0 Å². The Morgan fingerprint density at radius 1 is 1.42 bits per heavy atom. The third-order valence-electron chi connectivity index (χ3n) is 3.76. The highest BCUT2D eigenvalue weighted by atomic mass is 16.4. The van der Waals surface area contributed by atoms with Crippen molar-refractivity contribution in [2.24, 2.45) is 0 Å². The Balaban J connectivity index is 1.86. The summed E-state index contributed by atoms with van der Waals surface area (Å²) in [4.78, 5) is 14.5. The van der Waals surface area contributed by atoms with E-state index in [1.807, 2.05) is 12.1 Å². The van der Waals surface area contributed by atoms with E-state index in [9.17, 15) is 4.79 Å². The topological polar surface area (TPSA) is 41.6 Å². The highest BCUT2D eigenvalue weighted by Crippen LogP contribution is 2.16. The van der Waals surface area contributed by atoms with Crippen molar-refractivity contribution >= 4 is 5.91 Å². The van der Waals surface area contributed by atoms with Crippen LogP contribution in [0, 0.1) is 0 Å². The van der Waals surface area contributed by atoms with E-state index in [1.54, 1.807) is 19.2 Å². The van der Waals surface area contributed by atoms with Gasteiger partial charge in [0.25, 0.3) is 5.91 Å². The summed E-state index contributed by atoms with van der Waals surface area (Å²) in [6.45, 7) is 5.12. The van der Waals surface area contributed by atoms with Crippen molar-refractivity contribution in [3.05, 3.63) is 29.8 Å². The second-order valence-corrected chi connectivity index (χ2v) is 4.86. The van der Waals surface area contributed by atoms with Crippen LogP contribution in [0.2, 0.25) is 0 Å². The lowest BCUT2D eigenvalue weighted by Crippen LogP contribution is -2.40. The van der Waals surface area contributed by atoms with Crippen molar-refractivity contribution in [3.8, 4) is 5.75 Å². The van der Waals surface area contributed by atoms with Crippen LogP contribution < -0.4 is 10.1 Å². The Bertz CT molecular complexity index is 417. The lowest BCUT2D eigenvalue weighted by molar-refractivity contribution is 0.0941. The molecule has 1 N–H and O–H groups in total. The van der Waals surface area contributed by atoms with E-state index < -0.39 is 0 Å². The van der Waals surface area contributed by atoms with Gasteiger partial charge in [0.1, 0.15) is 5.75 Å². The summed E-state index contributed by atoms with van der Waals surface area (Å²) in [7, 11) is 1.62. The molecule has 4 heteroatoms. The first-order chi connectivity index (χ1) is 9.24. The summed E-state index contributed by atoms with van der Waals surface area (Å²) in [5, 5.41) is 3.02. The fraction of sp³-hybridized carbons (Fsp3) is 0.533. The number of carbonyl (C=O) groups excluding carboxylic acids is 1. The van der Waals surface area contributed by atoms with Gasteiger partial charge >= 0.3 is 0 Å². The minimum Gasteiger partial charge on any atom is -0.497 e. The fourth-order valence-corrected chi connectivity index (χ4v) is 2.60. The molecule has 0 aliphatic carbocycles. The van der Waals surface area contributed by atoms with Gasteiger partial charge in [-0.15, -0.1) is 0 Å². The number of rotatable bonds is 5. The summed E-state index contributed by atoms with van der Waals surface area (Å²) >= 11 is 0. The van der Waals surface area contributed by atoms with Gasteiger partial charge in [0.2, 0.25) is 0 Å². The van der Waals surface area contributed by atoms with Gasteiger partial charge in [-0.1, -0.05) is 6.92 Å². The van der Waals surface area contributed by atoms with Crippen LogP contribution in [0.5, 0.6) is 5.75 Å². The van der Waals surface area contributed by atoms with E-state index in [2.05, 4.69) is 17.1 Å². The maximum atomic E-state index is 12.0. The Hall–Kier alpha value is -1.55. The Morgan fingerprint density at radius 3 is 2.79 bits per heavy atom. The average molecular weight is 261 g/mol. The number of nitrogens with zero attached hydrogens (tertiary/aromatic N) is 1. The minimum atomic E-state index is -0.00870. The second kappa shape index (κ2) is 6.57. The summed E-state index contributed by atoms with van der Waals surface area (Å²) in [5.74, 6) is 0.759. The Morgan fingerprint density at radius 2 is 2.16 bits per heavy atom. The van der Waals surface area contributed by atoms with Gasteiger partial charge in [0.15, 0.2) is 0 Å². The molecule has 1 aliphatic heterocycles. The molecule has 1 atom stereocenters. The molecule has 2 rings (SSSR count). The van der Waals surface area contributed by atoms with Crippen LogP contribution in [-0.2, 0) is 0 Å². The number of nitrogens with one attached hydrogen (secondary N) is 1. The summed E-state index contributed by atoms with van der Waals surface area (Å²) in [6, 6.07) is 7.69. The molecule has 1 aromatic rings. The van der Waals surface area contributed by atoms with Crippen LogP contribution in [0.3, 0.4) is 0 Å². The van der Waals surface area contributed by atoms with Crippen LogP contribution in [-0.4, -0.2) is 43.6 Å². The van der Waals surface area contributed by atoms with Gasteiger partial charge in [-0.05, 0) is 50.2 Å². The summed E-state index contributed by atoms with van der Waals surface area (Å²) in [5.41, 5.74) is 0.682. The number of hydrogen-bond acceptors (Lipinski definition) is 3. The molecule has 104 valence electrons. The molecule has 1 saturated heterocycles. The monoisotopic (exact) mass is 261 g/mol. The van der Waals surface area contributed by atoms with Crippen molar-refractivity contribution < 1.29 is 9.53 Å². The molecule has 0 bridgehead atoms. The largest absolute Gasteiger partial charge is 0.497 e. The lowest BCUT2D eigenvalue weighted by Gasteiger charge is -2.22. The molecule has 0 radical (unpaired) electrons. The molecule has 1 amide bonds. The Kier molecular flexibility index (Phi) is 4.80. The third-order valence-corrected chi connectivity index (χ3v) is 3.76. The van der Waals surface area contributed by atoms with Crippen molar-refractivity contribution in [1.82, 2.24) is 10.2 Å². The first kappa shape index (κ1) is 13.9. The van der Waals surface area contributed by atoms with Crippen molar-refractivity contribution in [2.75, 3.05) is 26.7 Å². The normalized spacial score (nSPS) is 19.4. The number of ether oxygens (including phenoxy) is 1. The van der Waals surface area contributed by atoms with E-state index in [1.165, 1.54) is 12.8 Å². The molecule has 0 saturated carbocycles. The van der Waals surface area contributed by atoms with Crippen LogP contribution in [0.1, 0.15) is 30.1 Å². The molecule has 0 spiro atoms. The van der Waals surface area contributed by atoms with Crippen LogP contribution in [0.25, 0.3) is 0 Å². The zero-order valence-electron chi connectivity index (χ0n) is 11.7. The van der Waals surface area contributed by atoms with E-state index in [-0.39, 0.29) is 5.91 Å². The molecule has 4 nitrogen and oxygen atoms in total. The lowest BCUT2D eigenvalue weighted by atomic mass is 10.2. The molecule has 0 aromatic heterocycles. The molecule has 1 unspecified atom stereocenters. The third kappa shape index (κ3) is 3.47.